The van der Waals surface area contributed by atoms with Crippen LogP contribution in [-0.2, 0) is 14.8 Å². The number of anilines is 1. The summed E-state index contributed by atoms with van der Waals surface area (Å²) in [5.74, 6) is 0.776. The predicted octanol–water partition coefficient (Wildman–Crippen LogP) is 3.29. The Morgan fingerprint density at radius 1 is 1.03 bits per heavy atom. The summed E-state index contributed by atoms with van der Waals surface area (Å²) in [5, 5.41) is 11.3. The number of carbonyl (C=O) groups excluding carboxylic acids is 1. The van der Waals surface area contributed by atoms with Crippen LogP contribution in [0.25, 0.3) is 10.8 Å². The Bertz CT molecular complexity index is 1090. The van der Waals surface area contributed by atoms with Crippen LogP contribution in [0.3, 0.4) is 0 Å². The average Bonchev–Trinajstić information content (AvgIpc) is 3.25. The van der Waals surface area contributed by atoms with E-state index in [9.17, 15) is 13.2 Å². The summed E-state index contributed by atoms with van der Waals surface area (Å²) < 4.78 is 28.1. The highest BCUT2D eigenvalue weighted by Crippen LogP contribution is 2.29. The number of nitrogens with zero attached hydrogens (tertiary/aromatic N) is 1. The Balaban J connectivity index is 1.30. The topological polar surface area (TPSA) is 104 Å². The van der Waals surface area contributed by atoms with Crippen LogP contribution in [-0.4, -0.2) is 31.1 Å². The Labute approximate surface area is 170 Å². The van der Waals surface area contributed by atoms with Gasteiger partial charge in [-0.3, -0.25) is 9.89 Å². The van der Waals surface area contributed by atoms with Crippen LogP contribution in [0.1, 0.15) is 25.7 Å². The molecule has 0 saturated heterocycles. The lowest BCUT2D eigenvalue weighted by Gasteiger charge is -2.27. The molecule has 4 rings (SSSR count). The van der Waals surface area contributed by atoms with Crippen molar-refractivity contribution in [2.24, 2.45) is 11.8 Å². The molecule has 8 heteroatoms. The third-order valence-electron chi connectivity index (χ3n) is 5.57. The van der Waals surface area contributed by atoms with Gasteiger partial charge in [-0.2, -0.15) is 5.10 Å². The molecule has 2 aromatic carbocycles. The number of fused-ring (bicyclic) bond motifs is 1. The predicted molar refractivity (Wildman–Crippen MR) is 112 cm³/mol. The maximum absolute atomic E-state index is 12.7. The first-order chi connectivity index (χ1) is 14.0. The summed E-state index contributed by atoms with van der Waals surface area (Å²) in [6.45, 7) is 0.393. The molecule has 0 radical (unpaired) electrons. The third-order valence-corrected chi connectivity index (χ3v) is 6.99. The van der Waals surface area contributed by atoms with Crippen LogP contribution < -0.4 is 10.0 Å². The molecule has 1 heterocycles. The minimum absolute atomic E-state index is 0.00977. The number of hydrogen-bond donors (Lipinski definition) is 3. The van der Waals surface area contributed by atoms with Crippen molar-refractivity contribution in [3.05, 3.63) is 54.7 Å². The molecule has 0 unspecified atom stereocenters. The molecule has 29 heavy (non-hydrogen) atoms. The largest absolute Gasteiger partial charge is 0.311 e. The zero-order valence-electron chi connectivity index (χ0n) is 16.0. The molecule has 0 bridgehead atoms. The lowest BCUT2D eigenvalue weighted by molar-refractivity contribution is -0.121. The van der Waals surface area contributed by atoms with E-state index in [1.165, 1.54) is 0 Å². The van der Waals surface area contributed by atoms with Crippen molar-refractivity contribution < 1.29 is 13.2 Å². The summed E-state index contributed by atoms with van der Waals surface area (Å²) in [6.07, 6.45) is 4.74. The van der Waals surface area contributed by atoms with Gasteiger partial charge in [0.2, 0.25) is 15.9 Å². The third kappa shape index (κ3) is 4.65. The van der Waals surface area contributed by atoms with Gasteiger partial charge in [0, 0.05) is 18.5 Å². The van der Waals surface area contributed by atoms with Gasteiger partial charge in [-0.05, 0) is 54.5 Å². The molecule has 152 valence electrons. The molecule has 1 aliphatic carbocycles. The highest BCUT2D eigenvalue weighted by molar-refractivity contribution is 7.89. The van der Waals surface area contributed by atoms with Crippen molar-refractivity contribution in [2.45, 2.75) is 30.6 Å². The zero-order chi connectivity index (χ0) is 20.3. The Kier molecular flexibility index (Phi) is 5.64. The fourth-order valence-electron chi connectivity index (χ4n) is 3.83. The van der Waals surface area contributed by atoms with Crippen molar-refractivity contribution in [1.82, 2.24) is 14.9 Å². The summed E-state index contributed by atoms with van der Waals surface area (Å²) >= 11 is 0. The monoisotopic (exact) mass is 412 g/mol. The van der Waals surface area contributed by atoms with E-state index in [4.69, 9.17) is 0 Å². The molecule has 3 aromatic rings. The van der Waals surface area contributed by atoms with Crippen molar-refractivity contribution in [3.8, 4) is 0 Å². The van der Waals surface area contributed by atoms with Gasteiger partial charge in [-0.15, -0.1) is 0 Å². The van der Waals surface area contributed by atoms with Crippen molar-refractivity contribution in [2.75, 3.05) is 11.9 Å². The molecule has 0 aliphatic heterocycles. The number of aromatic amines is 1. The number of H-pyrrole nitrogens is 1. The number of benzene rings is 2. The van der Waals surface area contributed by atoms with Gasteiger partial charge in [0.15, 0.2) is 0 Å². The Morgan fingerprint density at radius 3 is 2.52 bits per heavy atom. The summed E-state index contributed by atoms with van der Waals surface area (Å²) in [4.78, 5) is 12.6. The van der Waals surface area contributed by atoms with Gasteiger partial charge < -0.3 is 5.32 Å². The number of amides is 1. The van der Waals surface area contributed by atoms with Gasteiger partial charge in [-0.25, -0.2) is 13.1 Å². The van der Waals surface area contributed by atoms with Gasteiger partial charge in [-0.1, -0.05) is 30.3 Å². The van der Waals surface area contributed by atoms with Gasteiger partial charge in [0.1, 0.15) is 5.82 Å². The van der Waals surface area contributed by atoms with E-state index in [0.29, 0.717) is 12.4 Å². The normalized spacial score (nSPS) is 19.9. The number of aromatic nitrogens is 2. The van der Waals surface area contributed by atoms with E-state index < -0.39 is 10.0 Å². The first-order valence-electron chi connectivity index (χ1n) is 9.80. The van der Waals surface area contributed by atoms with Crippen LogP contribution >= 0.6 is 0 Å². The molecule has 1 aliphatic rings. The lowest BCUT2D eigenvalue weighted by atomic mass is 9.81. The second kappa shape index (κ2) is 8.34. The number of rotatable bonds is 6. The quantitative estimate of drug-likeness (QED) is 0.578. The maximum Gasteiger partial charge on any atom is 0.240 e. The van der Waals surface area contributed by atoms with Gasteiger partial charge >= 0.3 is 0 Å². The summed E-state index contributed by atoms with van der Waals surface area (Å²) in [6, 6.07) is 14.6. The fourth-order valence-corrected chi connectivity index (χ4v) is 4.99. The molecule has 7 nitrogen and oxygen atoms in total. The number of hydrogen-bond acceptors (Lipinski definition) is 4. The Hall–Kier alpha value is -2.71. The Morgan fingerprint density at radius 2 is 1.79 bits per heavy atom. The number of sulfonamides is 1. The number of carbonyl (C=O) groups is 1. The van der Waals surface area contributed by atoms with Crippen LogP contribution in [0, 0.1) is 11.8 Å². The van der Waals surface area contributed by atoms with E-state index in [0.717, 1.165) is 36.5 Å². The fraction of sp³-hybridized carbons (Fsp3) is 0.333. The van der Waals surface area contributed by atoms with Crippen LogP contribution in [0.2, 0.25) is 0 Å². The minimum Gasteiger partial charge on any atom is -0.311 e. The standard InChI is InChI=1S/C21H24N4O3S/c26-21(24-20-11-12-22-25-20)17-7-5-15(6-8-17)14-23-29(27,28)19-10-9-16-3-1-2-4-18(16)13-19/h1-4,9-13,15,17,23H,5-8,14H2,(H2,22,24,25,26). The molecule has 0 spiro atoms. The SMILES string of the molecule is O=C(Nc1ccn[nH]1)C1CCC(CNS(=O)(=O)c2ccc3ccccc3c2)CC1. The van der Waals surface area contributed by atoms with Crippen LogP contribution in [0.5, 0.6) is 0 Å². The van der Waals surface area contributed by atoms with Crippen LogP contribution in [0.4, 0.5) is 5.82 Å². The molecule has 1 saturated carbocycles. The highest BCUT2D eigenvalue weighted by Gasteiger charge is 2.27. The van der Waals surface area contributed by atoms with Crippen LogP contribution in [0.15, 0.2) is 59.6 Å². The zero-order valence-corrected chi connectivity index (χ0v) is 16.8. The minimum atomic E-state index is -3.56. The molecular weight excluding hydrogens is 388 g/mol. The van der Waals surface area contributed by atoms with E-state index in [1.54, 1.807) is 24.4 Å². The number of nitrogens with one attached hydrogen (secondary N) is 3. The van der Waals surface area contributed by atoms with Gasteiger partial charge in [0.05, 0.1) is 11.1 Å². The highest BCUT2D eigenvalue weighted by atomic mass is 32.2. The average molecular weight is 413 g/mol. The lowest BCUT2D eigenvalue weighted by Crippen LogP contribution is -2.33. The van der Waals surface area contributed by atoms with E-state index >= 15 is 0 Å². The first-order valence-corrected chi connectivity index (χ1v) is 11.3. The second-order valence-electron chi connectivity index (χ2n) is 7.54. The van der Waals surface area contributed by atoms with Gasteiger partial charge in [0.25, 0.3) is 0 Å². The maximum atomic E-state index is 12.7. The first kappa shape index (κ1) is 19.6. The second-order valence-corrected chi connectivity index (χ2v) is 9.31. The smallest absolute Gasteiger partial charge is 0.240 e. The van der Waals surface area contributed by atoms with Crippen molar-refractivity contribution in [1.29, 1.82) is 0 Å². The molecule has 1 amide bonds. The molecule has 0 atom stereocenters. The van der Waals surface area contributed by atoms with Crippen molar-refractivity contribution in [3.63, 3.8) is 0 Å². The van der Waals surface area contributed by atoms with E-state index in [2.05, 4.69) is 20.2 Å². The summed E-state index contributed by atoms with van der Waals surface area (Å²) in [5.41, 5.74) is 0. The molecule has 1 fully saturated rings. The summed E-state index contributed by atoms with van der Waals surface area (Å²) in [7, 11) is -3.56. The molecular formula is C21H24N4O3S. The van der Waals surface area contributed by atoms with E-state index in [1.807, 2.05) is 30.3 Å². The molecule has 3 N–H and O–H groups in total. The van der Waals surface area contributed by atoms with Crippen molar-refractivity contribution >= 4 is 32.5 Å². The van der Waals surface area contributed by atoms with E-state index in [-0.39, 0.29) is 22.6 Å². The molecule has 1 aromatic heterocycles.